The molecule has 0 bridgehead atoms. The summed E-state index contributed by atoms with van der Waals surface area (Å²) >= 11 is 0. The van der Waals surface area contributed by atoms with Crippen LogP contribution in [0.15, 0.2) is 53.4 Å². The molecule has 2 aliphatic rings. The maximum Gasteiger partial charge on any atom is 0.257 e. The molecule has 4 rings (SSSR count). The van der Waals surface area contributed by atoms with E-state index in [9.17, 15) is 13.2 Å². The van der Waals surface area contributed by atoms with E-state index in [1.54, 1.807) is 16.4 Å². The molecule has 0 radical (unpaired) electrons. The Morgan fingerprint density at radius 3 is 2.24 bits per heavy atom. The molecule has 2 aliphatic heterocycles. The number of carbonyl (C=O) groups is 1. The molecule has 2 aromatic carbocycles. The van der Waals surface area contributed by atoms with Gasteiger partial charge < -0.3 is 9.64 Å². The number of hydrogen-bond acceptors (Lipinski definition) is 4. The minimum Gasteiger partial charge on any atom is -0.496 e. The lowest BCUT2D eigenvalue weighted by Gasteiger charge is -2.32. The van der Waals surface area contributed by atoms with E-state index in [4.69, 9.17) is 4.74 Å². The number of nitrogens with zero attached hydrogens (tertiary/aromatic N) is 2. The third kappa shape index (κ3) is 5.58. The number of likely N-dealkylation sites (tertiary alicyclic amines) is 1. The van der Waals surface area contributed by atoms with Crippen molar-refractivity contribution in [1.29, 1.82) is 0 Å². The van der Waals surface area contributed by atoms with Gasteiger partial charge in [-0.05, 0) is 61.8 Å². The molecule has 0 unspecified atom stereocenters. The van der Waals surface area contributed by atoms with E-state index < -0.39 is 10.0 Å². The summed E-state index contributed by atoms with van der Waals surface area (Å²) in [6, 6.07) is 15.1. The Morgan fingerprint density at radius 2 is 1.61 bits per heavy atom. The summed E-state index contributed by atoms with van der Waals surface area (Å²) in [5.41, 5.74) is 1.66. The molecule has 0 aromatic heterocycles. The van der Waals surface area contributed by atoms with Crippen LogP contribution in [0.3, 0.4) is 0 Å². The predicted octanol–water partition coefficient (Wildman–Crippen LogP) is 4.35. The second-order valence-corrected chi connectivity index (χ2v) is 11.0. The van der Waals surface area contributed by atoms with Crippen LogP contribution in [0.1, 0.15) is 54.4 Å². The molecule has 6 nitrogen and oxygen atoms in total. The zero-order chi connectivity index (χ0) is 23.3. The molecule has 33 heavy (non-hydrogen) atoms. The van der Waals surface area contributed by atoms with Crippen LogP contribution in [0.2, 0.25) is 0 Å². The van der Waals surface area contributed by atoms with Gasteiger partial charge in [0.05, 0.1) is 17.6 Å². The van der Waals surface area contributed by atoms with Gasteiger partial charge in [-0.3, -0.25) is 4.79 Å². The fourth-order valence-corrected chi connectivity index (χ4v) is 6.45. The Balaban J connectivity index is 1.48. The van der Waals surface area contributed by atoms with Crippen LogP contribution >= 0.6 is 0 Å². The van der Waals surface area contributed by atoms with E-state index in [1.165, 1.54) is 18.7 Å². The highest BCUT2D eigenvalue weighted by molar-refractivity contribution is 7.89. The summed E-state index contributed by atoms with van der Waals surface area (Å²) in [7, 11) is -2.12. The van der Waals surface area contributed by atoms with E-state index in [2.05, 4.69) is 24.3 Å². The van der Waals surface area contributed by atoms with Crippen molar-refractivity contribution in [2.75, 3.05) is 33.3 Å². The molecule has 0 spiro atoms. The third-order valence-corrected chi connectivity index (χ3v) is 8.77. The summed E-state index contributed by atoms with van der Waals surface area (Å²) in [6.45, 7) is 2.41. The second-order valence-electron chi connectivity index (χ2n) is 9.11. The first kappa shape index (κ1) is 23.8. The molecule has 0 saturated carbocycles. The van der Waals surface area contributed by atoms with Gasteiger partial charge in [-0.25, -0.2) is 8.42 Å². The van der Waals surface area contributed by atoms with Gasteiger partial charge in [-0.15, -0.1) is 0 Å². The smallest absolute Gasteiger partial charge is 0.257 e. The van der Waals surface area contributed by atoms with Crippen LogP contribution in [0.5, 0.6) is 5.75 Å². The Bertz CT molecular complexity index is 1040. The number of carbonyl (C=O) groups excluding carboxylic acids is 1. The van der Waals surface area contributed by atoms with Crippen LogP contribution in [-0.2, 0) is 16.4 Å². The first-order chi connectivity index (χ1) is 16.0. The maximum atomic E-state index is 13.4. The van der Waals surface area contributed by atoms with Crippen LogP contribution < -0.4 is 4.74 Å². The first-order valence-corrected chi connectivity index (χ1v) is 13.4. The molecule has 0 N–H and O–H groups in total. The quantitative estimate of drug-likeness (QED) is 0.629. The highest BCUT2D eigenvalue weighted by Crippen LogP contribution is 2.29. The maximum absolute atomic E-state index is 13.4. The predicted molar refractivity (Wildman–Crippen MR) is 129 cm³/mol. The number of amides is 1. The van der Waals surface area contributed by atoms with Crippen LogP contribution in [0, 0.1) is 5.92 Å². The lowest BCUT2D eigenvalue weighted by Crippen LogP contribution is -2.39. The zero-order valence-electron chi connectivity index (χ0n) is 19.4. The van der Waals surface area contributed by atoms with Gasteiger partial charge in [0.15, 0.2) is 0 Å². The van der Waals surface area contributed by atoms with Crippen LogP contribution in [-0.4, -0.2) is 56.8 Å². The zero-order valence-corrected chi connectivity index (χ0v) is 20.2. The highest BCUT2D eigenvalue weighted by Gasteiger charge is 2.29. The average Bonchev–Trinajstić information content (AvgIpc) is 3.15. The van der Waals surface area contributed by atoms with E-state index >= 15 is 0 Å². The monoisotopic (exact) mass is 470 g/mol. The molecule has 2 fully saturated rings. The van der Waals surface area contributed by atoms with Crippen molar-refractivity contribution in [2.45, 2.75) is 49.8 Å². The summed E-state index contributed by atoms with van der Waals surface area (Å²) < 4.78 is 33.5. The lowest BCUT2D eigenvalue weighted by molar-refractivity contribution is 0.0687. The molecule has 2 aromatic rings. The van der Waals surface area contributed by atoms with Crippen molar-refractivity contribution in [3.05, 3.63) is 59.7 Å². The van der Waals surface area contributed by atoms with Crippen LogP contribution in [0.4, 0.5) is 0 Å². The Morgan fingerprint density at radius 1 is 0.939 bits per heavy atom. The summed E-state index contributed by atoms with van der Waals surface area (Å²) in [5.74, 6) is 0.812. The number of hydrogen-bond donors (Lipinski definition) is 0. The molecule has 7 heteroatoms. The molecule has 0 atom stereocenters. The molecule has 2 saturated heterocycles. The van der Waals surface area contributed by atoms with Crippen LogP contribution in [0.25, 0.3) is 0 Å². The van der Waals surface area contributed by atoms with Gasteiger partial charge in [-0.1, -0.05) is 43.2 Å². The average molecular weight is 471 g/mol. The normalized spacial score (nSPS) is 18.6. The van der Waals surface area contributed by atoms with Crippen molar-refractivity contribution in [3.63, 3.8) is 0 Å². The molecule has 1 amide bonds. The van der Waals surface area contributed by atoms with E-state index in [0.29, 0.717) is 43.4 Å². The van der Waals surface area contributed by atoms with Gasteiger partial charge >= 0.3 is 0 Å². The largest absolute Gasteiger partial charge is 0.496 e. The summed E-state index contributed by atoms with van der Waals surface area (Å²) in [4.78, 5) is 15.4. The number of methoxy groups -OCH3 is 1. The molecular weight excluding hydrogens is 436 g/mol. The van der Waals surface area contributed by atoms with Gasteiger partial charge in [0.1, 0.15) is 5.75 Å². The minimum atomic E-state index is -3.63. The lowest BCUT2D eigenvalue weighted by atomic mass is 9.90. The molecular formula is C26H34N2O4S. The van der Waals surface area contributed by atoms with Gasteiger partial charge in [0.2, 0.25) is 10.0 Å². The Hall–Kier alpha value is -2.38. The highest BCUT2D eigenvalue weighted by atomic mass is 32.2. The second kappa shape index (κ2) is 10.7. The minimum absolute atomic E-state index is 0.155. The van der Waals surface area contributed by atoms with Gasteiger partial charge in [0.25, 0.3) is 5.91 Å². The number of piperidine rings is 1. The third-order valence-electron chi connectivity index (χ3n) is 6.87. The molecule has 178 valence electrons. The number of rotatable bonds is 6. The summed E-state index contributed by atoms with van der Waals surface area (Å²) in [5, 5.41) is 0. The Labute approximate surface area is 197 Å². The van der Waals surface area contributed by atoms with Gasteiger partial charge in [0, 0.05) is 26.2 Å². The van der Waals surface area contributed by atoms with Crippen molar-refractivity contribution < 1.29 is 17.9 Å². The van der Waals surface area contributed by atoms with Crippen molar-refractivity contribution in [2.24, 2.45) is 5.92 Å². The Kier molecular flexibility index (Phi) is 7.71. The van der Waals surface area contributed by atoms with Crippen molar-refractivity contribution >= 4 is 15.9 Å². The van der Waals surface area contributed by atoms with E-state index in [1.807, 2.05) is 11.0 Å². The van der Waals surface area contributed by atoms with Crippen molar-refractivity contribution in [3.8, 4) is 5.75 Å². The molecule has 2 heterocycles. The number of sulfonamides is 1. The van der Waals surface area contributed by atoms with Gasteiger partial charge in [-0.2, -0.15) is 4.31 Å². The topological polar surface area (TPSA) is 66.9 Å². The fourth-order valence-electron chi connectivity index (χ4n) is 4.90. The SMILES string of the molecule is COc1ccc(S(=O)(=O)N2CCCCCC2)cc1C(=O)N1CCC(Cc2ccccc2)CC1. The number of ether oxygens (including phenoxy) is 1. The van der Waals surface area contributed by atoms with Crippen molar-refractivity contribution in [1.82, 2.24) is 9.21 Å². The van der Waals surface area contributed by atoms with E-state index in [-0.39, 0.29) is 10.8 Å². The molecule has 0 aliphatic carbocycles. The van der Waals surface area contributed by atoms with E-state index in [0.717, 1.165) is 44.9 Å². The summed E-state index contributed by atoms with van der Waals surface area (Å²) in [6.07, 6.45) is 6.76. The number of benzene rings is 2. The first-order valence-electron chi connectivity index (χ1n) is 12.0. The standard InChI is InChI=1S/C26H34N2O4S/c1-32-25-12-11-23(33(30,31)28-15-7-2-3-8-16-28)20-24(25)26(29)27-17-13-22(14-18-27)19-21-9-5-4-6-10-21/h4-6,9-12,20,22H,2-3,7-8,13-19H2,1H3. The fraction of sp³-hybridized carbons (Fsp3) is 0.500.